The molecule has 0 amide bonds. The van der Waals surface area contributed by atoms with Crippen LogP contribution in [0.2, 0.25) is 0 Å². The van der Waals surface area contributed by atoms with Gasteiger partial charge in [0.05, 0.1) is 0 Å². The van der Waals surface area contributed by atoms with Crippen LogP contribution < -0.4 is 5.73 Å². The molecule has 0 saturated carbocycles. The van der Waals surface area contributed by atoms with Crippen LogP contribution in [0.1, 0.15) is 182 Å². The van der Waals surface area contributed by atoms with E-state index in [9.17, 15) is 0 Å². The van der Waals surface area contributed by atoms with E-state index in [4.69, 9.17) is 5.73 Å². The van der Waals surface area contributed by atoms with Crippen molar-refractivity contribution in [1.29, 1.82) is 0 Å². The lowest BCUT2D eigenvalue weighted by molar-refractivity contribution is 0.612. The summed E-state index contributed by atoms with van der Waals surface area (Å²) in [7, 11) is 0.366. The third kappa shape index (κ3) is 39.3. The zero-order valence-electron chi connectivity index (χ0n) is 25.2. The Labute approximate surface area is 232 Å². The van der Waals surface area contributed by atoms with Gasteiger partial charge >= 0.3 is 0 Å². The molecule has 0 spiro atoms. The summed E-state index contributed by atoms with van der Waals surface area (Å²) in [5.74, 6) is 0. The highest BCUT2D eigenvalue weighted by atomic mass is 35.5. The van der Waals surface area contributed by atoms with Crippen LogP contribution >= 0.6 is 20.3 Å². The Bertz CT molecular complexity index is 283. The van der Waals surface area contributed by atoms with Gasteiger partial charge in [0.15, 0.2) is 0 Å². The number of rotatable bonds is 27. The maximum absolute atomic E-state index is 5.34. The molecule has 0 saturated heterocycles. The van der Waals surface area contributed by atoms with E-state index in [1.165, 1.54) is 154 Å². The van der Waals surface area contributed by atoms with Crippen molar-refractivity contribution in [3.8, 4) is 0 Å². The van der Waals surface area contributed by atoms with E-state index in [-0.39, 0.29) is 12.4 Å². The van der Waals surface area contributed by atoms with Crippen molar-refractivity contribution in [1.82, 2.24) is 0 Å². The number of nitrogens with two attached hydrogens (primary N) is 1. The summed E-state index contributed by atoms with van der Waals surface area (Å²) < 4.78 is 0. The Morgan fingerprint density at radius 3 is 0.829 bits per heavy atom. The summed E-state index contributed by atoms with van der Waals surface area (Å²) in [5, 5.41) is 0. The topological polar surface area (TPSA) is 26.0 Å². The molecule has 0 aliphatic carbocycles. The highest BCUT2D eigenvalue weighted by molar-refractivity contribution is 7.57. The summed E-state index contributed by atoms with van der Waals surface area (Å²) in [6.45, 7) is 10.1. The highest BCUT2D eigenvalue weighted by Gasteiger charge is 2.07. The summed E-state index contributed by atoms with van der Waals surface area (Å²) in [6, 6.07) is 0. The van der Waals surface area contributed by atoms with Crippen molar-refractivity contribution >= 4 is 20.3 Å². The maximum Gasteiger partial charge on any atom is -0.00773 e. The number of hydrogen-bond donors (Lipinski definition) is 1. The minimum absolute atomic E-state index is 0. The Kier molecular flexibility index (Phi) is 45.0. The molecule has 35 heavy (non-hydrogen) atoms. The lowest BCUT2D eigenvalue weighted by Crippen LogP contribution is -1.97. The van der Waals surface area contributed by atoms with E-state index in [0.29, 0.717) is 7.92 Å². The molecular weight excluding hydrogens is 465 g/mol. The molecule has 0 radical (unpaired) electrons. The number of halogens is 1. The van der Waals surface area contributed by atoms with Crippen LogP contribution in [0.15, 0.2) is 0 Å². The first-order valence-electron chi connectivity index (χ1n) is 16.2. The fourth-order valence-corrected chi connectivity index (χ4v) is 7.29. The first kappa shape index (κ1) is 40.2. The van der Waals surface area contributed by atoms with Crippen molar-refractivity contribution in [3.05, 3.63) is 0 Å². The minimum atomic E-state index is 0. The van der Waals surface area contributed by atoms with Crippen LogP contribution in [0.5, 0.6) is 0 Å². The van der Waals surface area contributed by atoms with Gasteiger partial charge in [-0.15, -0.1) is 20.3 Å². The molecule has 0 heterocycles. The van der Waals surface area contributed by atoms with Gasteiger partial charge < -0.3 is 5.73 Å². The lowest BCUT2D eigenvalue weighted by atomic mass is 10.1. The molecule has 216 valence electrons. The summed E-state index contributed by atoms with van der Waals surface area (Å²) in [5.41, 5.74) is 5.34. The molecule has 0 rings (SSSR count). The predicted octanol–water partition coefficient (Wildman–Crippen LogP) is 12.3. The predicted molar refractivity (Wildman–Crippen MR) is 171 cm³/mol. The second kappa shape index (κ2) is 39.2. The fourth-order valence-electron chi connectivity index (χ4n) is 4.61. The van der Waals surface area contributed by atoms with E-state index in [2.05, 4.69) is 27.7 Å². The summed E-state index contributed by atoms with van der Waals surface area (Å²) in [4.78, 5) is 0. The normalized spacial score (nSPS) is 10.8. The van der Waals surface area contributed by atoms with E-state index in [0.717, 1.165) is 6.54 Å². The highest BCUT2D eigenvalue weighted by Crippen LogP contribution is 2.39. The first-order chi connectivity index (χ1) is 16.8. The molecule has 0 unspecified atom stereocenters. The van der Waals surface area contributed by atoms with Gasteiger partial charge in [0.2, 0.25) is 0 Å². The molecule has 0 aromatic heterocycles. The zero-order valence-corrected chi connectivity index (χ0v) is 26.9. The van der Waals surface area contributed by atoms with Crippen molar-refractivity contribution in [2.75, 3.05) is 25.0 Å². The second-order valence-corrected chi connectivity index (χ2v) is 13.4. The SMILES string of the molecule is CCCCCCCCN.CCCCCCCCP(CCCCCCCC)CCCCCCCC.Cl. The van der Waals surface area contributed by atoms with Crippen molar-refractivity contribution < 1.29 is 0 Å². The van der Waals surface area contributed by atoms with Crippen LogP contribution in [-0.2, 0) is 0 Å². The first-order valence-corrected chi connectivity index (χ1v) is 18.1. The average molecular weight is 536 g/mol. The Hall–Kier alpha value is 0.680. The molecule has 0 aromatic rings. The van der Waals surface area contributed by atoms with Crippen LogP contribution in [0.4, 0.5) is 0 Å². The summed E-state index contributed by atoms with van der Waals surface area (Å²) >= 11 is 0. The van der Waals surface area contributed by atoms with Crippen molar-refractivity contribution in [2.45, 2.75) is 182 Å². The Morgan fingerprint density at radius 2 is 0.571 bits per heavy atom. The van der Waals surface area contributed by atoms with Gasteiger partial charge in [-0.25, -0.2) is 0 Å². The Morgan fingerprint density at radius 1 is 0.343 bits per heavy atom. The van der Waals surface area contributed by atoms with Crippen LogP contribution in [0.3, 0.4) is 0 Å². The molecule has 0 aliphatic rings. The van der Waals surface area contributed by atoms with E-state index in [1.54, 1.807) is 18.5 Å². The molecule has 0 aliphatic heterocycles. The second-order valence-electron chi connectivity index (χ2n) is 10.7. The number of hydrogen-bond acceptors (Lipinski definition) is 1. The lowest BCUT2D eigenvalue weighted by Gasteiger charge is -2.18. The number of unbranched alkanes of at least 4 members (excludes halogenated alkanes) is 20. The molecule has 0 bridgehead atoms. The van der Waals surface area contributed by atoms with Gasteiger partial charge in [0, 0.05) is 0 Å². The minimum Gasteiger partial charge on any atom is -0.330 e. The van der Waals surface area contributed by atoms with Gasteiger partial charge in [0.1, 0.15) is 0 Å². The van der Waals surface area contributed by atoms with Crippen LogP contribution in [0, 0.1) is 0 Å². The Balaban J connectivity index is -0.000000866. The zero-order chi connectivity index (χ0) is 25.4. The van der Waals surface area contributed by atoms with Gasteiger partial charge in [-0.1, -0.05) is 156 Å². The molecular formula is C32H71ClNP. The molecule has 1 nitrogen and oxygen atoms in total. The fraction of sp³-hybridized carbons (Fsp3) is 1.00. The molecule has 0 fully saturated rings. The van der Waals surface area contributed by atoms with Crippen LogP contribution in [0.25, 0.3) is 0 Å². The van der Waals surface area contributed by atoms with Crippen molar-refractivity contribution in [3.63, 3.8) is 0 Å². The van der Waals surface area contributed by atoms with Gasteiger partial charge in [-0.3, -0.25) is 0 Å². The molecule has 3 heteroatoms. The van der Waals surface area contributed by atoms with Gasteiger partial charge in [-0.2, -0.15) is 0 Å². The smallest absolute Gasteiger partial charge is 0.00773 e. The van der Waals surface area contributed by atoms with E-state index >= 15 is 0 Å². The third-order valence-corrected chi connectivity index (χ3v) is 9.89. The standard InChI is InChI=1S/C24H51P.C8H19N.ClH/c1-4-7-10-13-16-19-22-25(23-20-17-14-11-8-5-2)24-21-18-15-12-9-6-3;1-2-3-4-5-6-7-8-9;/h4-24H2,1-3H3;2-9H2,1H3;1H. The maximum atomic E-state index is 5.34. The molecule has 0 aromatic carbocycles. The van der Waals surface area contributed by atoms with Gasteiger partial charge in [0.25, 0.3) is 0 Å². The average Bonchev–Trinajstić information content (AvgIpc) is 2.85. The van der Waals surface area contributed by atoms with E-state index in [1.807, 2.05) is 0 Å². The monoisotopic (exact) mass is 536 g/mol. The largest absolute Gasteiger partial charge is 0.330 e. The van der Waals surface area contributed by atoms with Gasteiger partial charge in [-0.05, 0) is 50.7 Å². The molecule has 2 N–H and O–H groups in total. The molecule has 0 atom stereocenters. The summed E-state index contributed by atoms with van der Waals surface area (Å²) in [6.07, 6.45) is 39.3. The van der Waals surface area contributed by atoms with Crippen molar-refractivity contribution in [2.24, 2.45) is 5.73 Å². The quantitative estimate of drug-likeness (QED) is 0.0820. The van der Waals surface area contributed by atoms with E-state index < -0.39 is 0 Å². The third-order valence-electron chi connectivity index (χ3n) is 7.04. The van der Waals surface area contributed by atoms with Crippen LogP contribution in [-0.4, -0.2) is 25.0 Å².